The third-order valence-corrected chi connectivity index (χ3v) is 3.79. The van der Waals surface area contributed by atoms with Crippen molar-refractivity contribution in [2.24, 2.45) is 0 Å². The number of nitrogens with one attached hydrogen (secondary N) is 1. The highest BCUT2D eigenvalue weighted by Gasteiger charge is 2.28. The summed E-state index contributed by atoms with van der Waals surface area (Å²) in [4.78, 5) is 12.3. The van der Waals surface area contributed by atoms with Crippen molar-refractivity contribution in [1.29, 1.82) is 0 Å². The Balaban J connectivity index is 1.43. The first-order chi connectivity index (χ1) is 12.7. The summed E-state index contributed by atoms with van der Waals surface area (Å²) in [6.45, 7) is 0.0995. The molecule has 8 nitrogen and oxygen atoms in total. The first kappa shape index (κ1) is 15.9. The molecule has 1 aromatic heterocycles. The number of nitrogens with zero attached hydrogens (tertiary/aromatic N) is 2. The summed E-state index contributed by atoms with van der Waals surface area (Å²) in [5.74, 6) is 1.70. The van der Waals surface area contributed by atoms with E-state index in [9.17, 15) is 4.79 Å². The Morgan fingerprint density at radius 3 is 2.65 bits per heavy atom. The smallest absolute Gasteiger partial charge is 0.322 e. The molecule has 0 saturated carbocycles. The molecule has 132 valence electrons. The fourth-order valence-electron chi connectivity index (χ4n) is 2.46. The van der Waals surface area contributed by atoms with E-state index in [-0.39, 0.29) is 18.5 Å². The average Bonchev–Trinajstić information content (AvgIpc) is 3.16. The van der Waals surface area contributed by atoms with Crippen LogP contribution in [-0.4, -0.2) is 35.9 Å². The van der Waals surface area contributed by atoms with Crippen LogP contribution < -0.4 is 19.5 Å². The number of carbonyl (C=O) groups is 1. The van der Waals surface area contributed by atoms with Gasteiger partial charge in [-0.1, -0.05) is 17.2 Å². The predicted molar refractivity (Wildman–Crippen MR) is 91.3 cm³/mol. The normalized spacial score (nSPS) is 15.3. The number of hydrogen-bond acceptors (Lipinski definition) is 7. The van der Waals surface area contributed by atoms with E-state index in [1.54, 1.807) is 43.5 Å². The minimum Gasteiger partial charge on any atom is -0.497 e. The summed E-state index contributed by atoms with van der Waals surface area (Å²) < 4.78 is 21.8. The van der Waals surface area contributed by atoms with E-state index in [1.807, 2.05) is 12.1 Å². The minimum atomic E-state index is -0.804. The zero-order valence-corrected chi connectivity index (χ0v) is 13.8. The summed E-state index contributed by atoms with van der Waals surface area (Å²) in [6.07, 6.45) is -0.804. The van der Waals surface area contributed by atoms with E-state index in [4.69, 9.17) is 18.6 Å². The van der Waals surface area contributed by atoms with Gasteiger partial charge in [0.1, 0.15) is 12.4 Å². The lowest BCUT2D eigenvalue weighted by molar-refractivity contribution is -0.125. The molecule has 4 rings (SSSR count). The number of amides is 1. The Morgan fingerprint density at radius 2 is 1.88 bits per heavy atom. The van der Waals surface area contributed by atoms with Gasteiger partial charge in [0.25, 0.3) is 5.91 Å². The van der Waals surface area contributed by atoms with E-state index in [0.29, 0.717) is 17.1 Å². The molecule has 3 aromatic rings. The Hall–Kier alpha value is -3.55. The van der Waals surface area contributed by atoms with Gasteiger partial charge in [0.15, 0.2) is 11.5 Å². The maximum atomic E-state index is 12.3. The van der Waals surface area contributed by atoms with Crippen LogP contribution >= 0.6 is 0 Å². The van der Waals surface area contributed by atoms with Crippen molar-refractivity contribution < 1.29 is 23.4 Å². The number of methoxy groups -OCH3 is 1. The number of para-hydroxylation sites is 2. The topological polar surface area (TPSA) is 95.7 Å². The molecule has 0 saturated heterocycles. The summed E-state index contributed by atoms with van der Waals surface area (Å²) in [7, 11) is 1.59. The van der Waals surface area contributed by atoms with E-state index in [0.717, 1.165) is 5.75 Å². The molecule has 1 N–H and O–H groups in total. The number of carbonyl (C=O) groups excluding carboxylic acids is 1. The average molecular weight is 353 g/mol. The fraction of sp³-hybridized carbons (Fsp3) is 0.167. The molecule has 0 fully saturated rings. The Bertz CT molecular complexity index is 923. The number of benzene rings is 2. The van der Waals surface area contributed by atoms with Gasteiger partial charge in [-0.05, 0) is 36.4 Å². The van der Waals surface area contributed by atoms with Crippen LogP contribution in [0.2, 0.25) is 0 Å². The molecular formula is C18H15N3O5. The van der Waals surface area contributed by atoms with Crippen molar-refractivity contribution >= 4 is 11.9 Å². The number of aromatic nitrogens is 2. The quantitative estimate of drug-likeness (QED) is 0.770. The van der Waals surface area contributed by atoms with Gasteiger partial charge >= 0.3 is 6.01 Å². The molecule has 2 aromatic carbocycles. The third kappa shape index (κ3) is 3.16. The van der Waals surface area contributed by atoms with Crippen LogP contribution in [0.5, 0.6) is 17.2 Å². The maximum absolute atomic E-state index is 12.3. The lowest BCUT2D eigenvalue weighted by atomic mass is 10.2. The molecule has 8 heteroatoms. The molecule has 0 bridgehead atoms. The molecule has 0 spiro atoms. The second-order valence-electron chi connectivity index (χ2n) is 5.49. The SMILES string of the molecule is COc1ccc(-c2nnc(NC(=O)C3COc4ccccc4O3)o2)cc1. The lowest BCUT2D eigenvalue weighted by Crippen LogP contribution is -2.40. The van der Waals surface area contributed by atoms with Crippen molar-refractivity contribution in [2.45, 2.75) is 6.10 Å². The minimum absolute atomic E-state index is 0.0109. The number of hydrogen-bond donors (Lipinski definition) is 1. The van der Waals surface area contributed by atoms with Crippen molar-refractivity contribution in [3.63, 3.8) is 0 Å². The number of ether oxygens (including phenoxy) is 3. The number of anilines is 1. The first-order valence-corrected chi connectivity index (χ1v) is 7.90. The van der Waals surface area contributed by atoms with Crippen LogP contribution in [0.3, 0.4) is 0 Å². The highest BCUT2D eigenvalue weighted by Crippen LogP contribution is 2.31. The van der Waals surface area contributed by atoms with Gasteiger partial charge in [-0.15, -0.1) is 5.10 Å². The van der Waals surface area contributed by atoms with Gasteiger partial charge < -0.3 is 18.6 Å². The van der Waals surface area contributed by atoms with Gasteiger partial charge in [-0.3, -0.25) is 10.1 Å². The molecule has 1 unspecified atom stereocenters. The van der Waals surface area contributed by atoms with Crippen LogP contribution in [0, 0.1) is 0 Å². The zero-order valence-electron chi connectivity index (χ0n) is 13.8. The lowest BCUT2D eigenvalue weighted by Gasteiger charge is -2.24. The molecule has 0 aliphatic carbocycles. The highest BCUT2D eigenvalue weighted by molar-refractivity contribution is 5.93. The predicted octanol–water partition coefficient (Wildman–Crippen LogP) is 2.52. The van der Waals surface area contributed by atoms with Crippen molar-refractivity contribution in [1.82, 2.24) is 10.2 Å². The summed E-state index contributed by atoms with van der Waals surface area (Å²) in [5, 5.41) is 10.3. The Kier molecular flexibility index (Phi) is 4.14. The van der Waals surface area contributed by atoms with E-state index in [2.05, 4.69) is 15.5 Å². The van der Waals surface area contributed by atoms with Crippen LogP contribution in [0.15, 0.2) is 52.9 Å². The van der Waals surface area contributed by atoms with Gasteiger partial charge in [0, 0.05) is 5.56 Å². The molecular weight excluding hydrogens is 338 g/mol. The standard InChI is InChI=1S/C18H15N3O5/c1-23-12-8-6-11(7-9-12)17-20-21-18(26-17)19-16(22)15-10-24-13-4-2-3-5-14(13)25-15/h2-9,15H,10H2,1H3,(H,19,21,22). The second kappa shape index (κ2) is 6.75. The van der Waals surface area contributed by atoms with E-state index < -0.39 is 12.0 Å². The van der Waals surface area contributed by atoms with Crippen molar-refractivity contribution in [2.75, 3.05) is 19.0 Å². The van der Waals surface area contributed by atoms with Gasteiger partial charge in [-0.2, -0.15) is 0 Å². The number of rotatable bonds is 4. The molecule has 2 heterocycles. The van der Waals surface area contributed by atoms with Crippen molar-refractivity contribution in [3.05, 3.63) is 48.5 Å². The van der Waals surface area contributed by atoms with Crippen LogP contribution in [0.4, 0.5) is 6.01 Å². The highest BCUT2D eigenvalue weighted by atomic mass is 16.6. The molecule has 1 aliphatic heterocycles. The van der Waals surface area contributed by atoms with Gasteiger partial charge in [-0.25, -0.2) is 0 Å². The zero-order chi connectivity index (χ0) is 17.9. The van der Waals surface area contributed by atoms with Crippen molar-refractivity contribution in [3.8, 4) is 28.7 Å². The molecule has 1 atom stereocenters. The Morgan fingerprint density at radius 1 is 1.12 bits per heavy atom. The summed E-state index contributed by atoms with van der Waals surface area (Å²) >= 11 is 0. The monoisotopic (exact) mass is 353 g/mol. The second-order valence-corrected chi connectivity index (χ2v) is 5.49. The van der Waals surface area contributed by atoms with E-state index >= 15 is 0 Å². The summed E-state index contributed by atoms with van der Waals surface area (Å²) in [6, 6.07) is 14.3. The Labute approximate surface area is 148 Å². The maximum Gasteiger partial charge on any atom is 0.322 e. The largest absolute Gasteiger partial charge is 0.497 e. The summed E-state index contributed by atoms with van der Waals surface area (Å²) in [5.41, 5.74) is 0.713. The van der Waals surface area contributed by atoms with Crippen LogP contribution in [-0.2, 0) is 4.79 Å². The van der Waals surface area contributed by atoms with Crippen LogP contribution in [0.25, 0.3) is 11.5 Å². The third-order valence-electron chi connectivity index (χ3n) is 3.79. The number of fused-ring (bicyclic) bond motifs is 1. The van der Waals surface area contributed by atoms with Gasteiger partial charge in [0.05, 0.1) is 7.11 Å². The van der Waals surface area contributed by atoms with Gasteiger partial charge in [0.2, 0.25) is 12.0 Å². The molecule has 0 radical (unpaired) electrons. The van der Waals surface area contributed by atoms with Crippen LogP contribution in [0.1, 0.15) is 0 Å². The van der Waals surface area contributed by atoms with E-state index in [1.165, 1.54) is 0 Å². The first-order valence-electron chi connectivity index (χ1n) is 7.90. The fourth-order valence-corrected chi connectivity index (χ4v) is 2.46. The molecule has 1 aliphatic rings. The molecule has 26 heavy (non-hydrogen) atoms. The molecule has 1 amide bonds.